The predicted octanol–water partition coefficient (Wildman–Crippen LogP) is 0.317. The van der Waals surface area contributed by atoms with Crippen LogP contribution in [0.3, 0.4) is 0 Å². The number of methoxy groups -OCH3 is 1. The predicted molar refractivity (Wildman–Crippen MR) is 53.0 cm³/mol. The van der Waals surface area contributed by atoms with Crippen molar-refractivity contribution >= 4 is 11.9 Å². The van der Waals surface area contributed by atoms with E-state index in [4.69, 9.17) is 5.11 Å². The number of carbonyl (C=O) groups is 2. The fourth-order valence-corrected chi connectivity index (χ4v) is 1.91. The van der Waals surface area contributed by atoms with Crippen LogP contribution in [0, 0.1) is 5.92 Å². The van der Waals surface area contributed by atoms with E-state index in [0.717, 1.165) is 5.82 Å². The zero-order valence-electron chi connectivity index (χ0n) is 8.84. The molecule has 1 atom stereocenters. The number of hydrogen-bond acceptors (Lipinski definition) is 4. The van der Waals surface area contributed by atoms with Crippen LogP contribution in [0.15, 0.2) is 6.20 Å². The molecule has 1 aliphatic rings. The summed E-state index contributed by atoms with van der Waals surface area (Å²) >= 11 is 0. The van der Waals surface area contributed by atoms with E-state index < -0.39 is 5.97 Å². The van der Waals surface area contributed by atoms with E-state index in [-0.39, 0.29) is 17.6 Å². The maximum atomic E-state index is 11.3. The van der Waals surface area contributed by atoms with Gasteiger partial charge in [-0.2, -0.15) is 0 Å². The molecule has 86 valence electrons. The van der Waals surface area contributed by atoms with E-state index in [2.05, 4.69) is 9.72 Å². The van der Waals surface area contributed by atoms with Crippen LogP contribution in [0.25, 0.3) is 0 Å². The van der Waals surface area contributed by atoms with Gasteiger partial charge in [0, 0.05) is 19.2 Å². The third-order valence-electron chi connectivity index (χ3n) is 2.75. The van der Waals surface area contributed by atoms with E-state index in [1.165, 1.54) is 13.3 Å². The summed E-state index contributed by atoms with van der Waals surface area (Å²) in [5.74, 6) is -0.779. The van der Waals surface area contributed by atoms with Gasteiger partial charge in [-0.05, 0) is 6.42 Å². The van der Waals surface area contributed by atoms with Crippen molar-refractivity contribution in [3.05, 3.63) is 17.7 Å². The van der Waals surface area contributed by atoms with Crippen molar-refractivity contribution in [3.63, 3.8) is 0 Å². The number of esters is 1. The monoisotopic (exact) mass is 224 g/mol. The first kappa shape index (κ1) is 10.7. The maximum absolute atomic E-state index is 11.3. The average molecular weight is 224 g/mol. The van der Waals surface area contributed by atoms with Crippen LogP contribution in [-0.4, -0.2) is 33.7 Å². The highest BCUT2D eigenvalue weighted by atomic mass is 16.5. The molecule has 0 spiro atoms. The highest BCUT2D eigenvalue weighted by Gasteiger charge is 2.27. The summed E-state index contributed by atoms with van der Waals surface area (Å²) in [6.45, 7) is 0.447. The third kappa shape index (κ3) is 1.78. The number of hydrogen-bond donors (Lipinski definition) is 1. The average Bonchev–Trinajstić information content (AvgIpc) is 2.70. The molecule has 0 aliphatic carbocycles. The van der Waals surface area contributed by atoms with Gasteiger partial charge in [-0.3, -0.25) is 4.79 Å². The van der Waals surface area contributed by atoms with E-state index in [1.807, 2.05) is 0 Å². The fraction of sp³-hybridized carbons (Fsp3) is 0.500. The van der Waals surface area contributed by atoms with Crippen molar-refractivity contribution in [2.24, 2.45) is 5.92 Å². The smallest absolute Gasteiger partial charge is 0.356 e. The van der Waals surface area contributed by atoms with Crippen molar-refractivity contribution in [1.82, 2.24) is 9.55 Å². The highest BCUT2D eigenvalue weighted by Crippen LogP contribution is 2.21. The first-order chi connectivity index (χ1) is 7.61. The molecule has 6 nitrogen and oxygen atoms in total. The van der Waals surface area contributed by atoms with Crippen molar-refractivity contribution in [3.8, 4) is 0 Å². The van der Waals surface area contributed by atoms with Crippen LogP contribution < -0.4 is 0 Å². The normalized spacial score (nSPS) is 18.9. The van der Waals surface area contributed by atoms with Crippen molar-refractivity contribution < 1.29 is 19.4 Å². The summed E-state index contributed by atoms with van der Waals surface area (Å²) in [7, 11) is 1.36. The number of rotatable bonds is 2. The Morgan fingerprint density at radius 2 is 2.38 bits per heavy atom. The topological polar surface area (TPSA) is 81.4 Å². The Balaban J connectivity index is 2.20. The molecule has 1 aromatic rings. The highest BCUT2D eigenvalue weighted by molar-refractivity contribution is 5.85. The second-order valence-corrected chi connectivity index (χ2v) is 3.76. The Morgan fingerprint density at radius 1 is 1.62 bits per heavy atom. The van der Waals surface area contributed by atoms with Gasteiger partial charge >= 0.3 is 11.9 Å². The van der Waals surface area contributed by atoms with Gasteiger partial charge in [-0.1, -0.05) is 0 Å². The summed E-state index contributed by atoms with van der Waals surface area (Å²) in [6.07, 6.45) is 2.72. The second kappa shape index (κ2) is 3.96. The number of carboxylic acids is 1. The SMILES string of the molecule is COC(=O)C1CCc2nc(C(=O)O)cn2C1. The number of ether oxygens (including phenoxy) is 1. The molecule has 2 heterocycles. The lowest BCUT2D eigenvalue weighted by atomic mass is 10.00. The van der Waals surface area contributed by atoms with Crippen LogP contribution in [0.1, 0.15) is 22.7 Å². The molecule has 1 aliphatic heterocycles. The molecular weight excluding hydrogens is 212 g/mol. The van der Waals surface area contributed by atoms with Crippen molar-refractivity contribution in [2.75, 3.05) is 7.11 Å². The molecule has 1 unspecified atom stereocenters. The van der Waals surface area contributed by atoms with Gasteiger partial charge in [-0.25, -0.2) is 9.78 Å². The lowest BCUT2D eigenvalue weighted by Crippen LogP contribution is -2.27. The number of nitrogens with zero attached hydrogens (tertiary/aromatic N) is 2. The number of fused-ring (bicyclic) bond motifs is 1. The Labute approximate surface area is 91.8 Å². The first-order valence-corrected chi connectivity index (χ1v) is 4.99. The minimum atomic E-state index is -1.04. The van der Waals surface area contributed by atoms with Crippen LogP contribution in [0.2, 0.25) is 0 Å². The minimum Gasteiger partial charge on any atom is -0.476 e. The zero-order valence-corrected chi connectivity index (χ0v) is 8.84. The molecule has 0 bridgehead atoms. The number of aryl methyl sites for hydroxylation is 1. The third-order valence-corrected chi connectivity index (χ3v) is 2.75. The lowest BCUT2D eigenvalue weighted by Gasteiger charge is -2.21. The van der Waals surface area contributed by atoms with Gasteiger partial charge in [0.05, 0.1) is 13.0 Å². The van der Waals surface area contributed by atoms with Crippen molar-refractivity contribution in [2.45, 2.75) is 19.4 Å². The molecule has 1 aromatic heterocycles. The second-order valence-electron chi connectivity index (χ2n) is 3.76. The van der Waals surface area contributed by atoms with E-state index in [0.29, 0.717) is 19.4 Å². The van der Waals surface area contributed by atoms with Gasteiger partial charge in [0.1, 0.15) is 5.82 Å². The Morgan fingerprint density at radius 3 is 3.00 bits per heavy atom. The number of aromatic carboxylic acids is 1. The van der Waals surface area contributed by atoms with Gasteiger partial charge in [0.2, 0.25) is 0 Å². The Hall–Kier alpha value is -1.85. The minimum absolute atomic E-state index is 0.0283. The van der Waals surface area contributed by atoms with E-state index in [9.17, 15) is 9.59 Å². The van der Waals surface area contributed by atoms with Gasteiger partial charge in [0.15, 0.2) is 5.69 Å². The van der Waals surface area contributed by atoms with E-state index >= 15 is 0 Å². The maximum Gasteiger partial charge on any atom is 0.356 e. The number of carbonyl (C=O) groups excluding carboxylic acids is 1. The summed E-state index contributed by atoms with van der Waals surface area (Å²) in [6, 6.07) is 0. The summed E-state index contributed by atoms with van der Waals surface area (Å²) in [4.78, 5) is 26.0. The summed E-state index contributed by atoms with van der Waals surface area (Å²) < 4.78 is 6.39. The van der Waals surface area contributed by atoms with Crippen LogP contribution in [0.4, 0.5) is 0 Å². The first-order valence-electron chi connectivity index (χ1n) is 4.99. The molecule has 0 saturated carbocycles. The molecule has 0 aromatic carbocycles. The van der Waals surface area contributed by atoms with Crippen LogP contribution >= 0.6 is 0 Å². The molecule has 2 rings (SSSR count). The lowest BCUT2D eigenvalue weighted by molar-refractivity contribution is -0.146. The number of aromatic nitrogens is 2. The standard InChI is InChI=1S/C10H12N2O4/c1-16-10(15)6-2-3-8-11-7(9(13)14)5-12(8)4-6/h5-6H,2-4H2,1H3,(H,13,14). The molecular formula is C10H12N2O4. The Bertz CT molecular complexity index is 438. The quantitative estimate of drug-likeness (QED) is 0.731. The number of carboxylic acid groups (broad SMARTS) is 1. The molecule has 0 saturated heterocycles. The van der Waals surface area contributed by atoms with Gasteiger partial charge < -0.3 is 14.4 Å². The molecule has 1 N–H and O–H groups in total. The molecule has 16 heavy (non-hydrogen) atoms. The zero-order chi connectivity index (χ0) is 11.7. The van der Waals surface area contributed by atoms with Crippen LogP contribution in [-0.2, 0) is 22.5 Å². The largest absolute Gasteiger partial charge is 0.476 e. The molecule has 0 amide bonds. The Kier molecular flexibility index (Phi) is 2.64. The summed E-state index contributed by atoms with van der Waals surface area (Å²) in [5, 5.41) is 8.79. The molecule has 0 fully saturated rings. The summed E-state index contributed by atoms with van der Waals surface area (Å²) in [5.41, 5.74) is 0.0283. The van der Waals surface area contributed by atoms with Crippen molar-refractivity contribution in [1.29, 1.82) is 0 Å². The number of imidazole rings is 1. The van der Waals surface area contributed by atoms with Gasteiger partial charge in [0.25, 0.3) is 0 Å². The van der Waals surface area contributed by atoms with Crippen LogP contribution in [0.5, 0.6) is 0 Å². The van der Waals surface area contributed by atoms with E-state index in [1.54, 1.807) is 4.57 Å². The fourth-order valence-electron chi connectivity index (χ4n) is 1.91. The molecule has 0 radical (unpaired) electrons. The van der Waals surface area contributed by atoms with Gasteiger partial charge in [-0.15, -0.1) is 0 Å². The molecule has 6 heteroatoms.